The van der Waals surface area contributed by atoms with Gasteiger partial charge in [0.25, 0.3) is 0 Å². The van der Waals surface area contributed by atoms with Crippen LogP contribution >= 0.6 is 15.9 Å². The van der Waals surface area contributed by atoms with Crippen LogP contribution in [0, 0.1) is 17.8 Å². The number of rotatable bonds is 15. The van der Waals surface area contributed by atoms with Gasteiger partial charge in [-0.1, -0.05) is 129 Å². The van der Waals surface area contributed by atoms with Gasteiger partial charge in [-0.05, 0) is 73.3 Å². The van der Waals surface area contributed by atoms with E-state index in [1.807, 2.05) is 0 Å². The van der Waals surface area contributed by atoms with E-state index < -0.39 is 8.07 Å². The molecule has 0 atom stereocenters. The molecule has 0 heterocycles. The summed E-state index contributed by atoms with van der Waals surface area (Å²) in [4.78, 5) is 0. The van der Waals surface area contributed by atoms with Gasteiger partial charge in [0.2, 0.25) is 0 Å². The monoisotopic (exact) mass is 624 g/mol. The largest absolute Gasteiger partial charge is 0.467 e. The number of benzene rings is 2. The van der Waals surface area contributed by atoms with Gasteiger partial charge >= 0.3 is 0 Å². The molecule has 4 fully saturated rings. The van der Waals surface area contributed by atoms with Crippen molar-refractivity contribution in [3.63, 3.8) is 0 Å². The molecule has 0 saturated heterocycles. The van der Waals surface area contributed by atoms with E-state index >= 15 is 0 Å². The predicted molar refractivity (Wildman–Crippen MR) is 176 cm³/mol. The van der Waals surface area contributed by atoms with Crippen LogP contribution in [-0.2, 0) is 10.2 Å². The minimum atomic E-state index is -1.72. The lowest BCUT2D eigenvalue weighted by molar-refractivity contribution is -0.00870. The molecular weight excluding hydrogens is 572 g/mol. The van der Waals surface area contributed by atoms with Crippen molar-refractivity contribution in [2.45, 2.75) is 121 Å². The van der Waals surface area contributed by atoms with Crippen LogP contribution < -0.4 is 9.92 Å². The maximum Gasteiger partial charge on any atom is 0.188 e. The minimum Gasteiger partial charge on any atom is -0.467 e. The second-order valence-corrected chi connectivity index (χ2v) is 19.2. The molecule has 0 aromatic heterocycles. The third-order valence-electron chi connectivity index (χ3n) is 10.8. The molecule has 0 spiro atoms. The highest BCUT2D eigenvalue weighted by Gasteiger charge is 2.53. The number of hydrogen-bond donors (Lipinski definition) is 0. The topological polar surface area (TPSA) is 18.5 Å². The van der Waals surface area contributed by atoms with E-state index in [2.05, 4.69) is 73.1 Å². The molecule has 4 heteroatoms. The molecule has 4 bridgehead atoms. The zero-order valence-corrected chi connectivity index (χ0v) is 28.3. The van der Waals surface area contributed by atoms with Crippen LogP contribution in [0.2, 0.25) is 18.1 Å². The molecule has 0 radical (unpaired) electrons. The Bertz CT molecular complexity index is 1070. The van der Waals surface area contributed by atoms with E-state index in [4.69, 9.17) is 9.47 Å². The maximum absolute atomic E-state index is 6.70. The number of methoxy groups -OCH3 is 1. The van der Waals surface area contributed by atoms with Gasteiger partial charge in [0.05, 0.1) is 8.07 Å². The molecule has 4 aliphatic rings. The Morgan fingerprint density at radius 2 is 1.35 bits per heavy atom. The Kier molecular flexibility index (Phi) is 10.2. The van der Waals surface area contributed by atoms with Crippen LogP contribution in [0.5, 0.6) is 5.75 Å². The van der Waals surface area contributed by atoms with Gasteiger partial charge in [-0.25, -0.2) is 0 Å². The maximum atomic E-state index is 6.70. The Balaban J connectivity index is 1.76. The third kappa shape index (κ3) is 6.15. The van der Waals surface area contributed by atoms with E-state index in [0.29, 0.717) is 6.79 Å². The number of unbranched alkanes of at least 4 members (excludes halogenated alkanes) is 3. The highest BCUT2D eigenvalue weighted by Crippen LogP contribution is 2.62. The standard InChI is InChI=1S/C36H53BrO2Si/c1-5-8-15-40(16-9-6-2,17-10-7-3)30-21-32(31-13-11-12-14-34(31)37)35(39-26-38-4)33(22-30)36-23-27-18-28(24-36)20-29(19-27)25-36/h11-14,21-22,27-29H,5-10,15-20,23-26H2,1-4H3. The van der Waals surface area contributed by atoms with E-state index in [0.717, 1.165) is 28.0 Å². The fourth-order valence-electron chi connectivity index (χ4n) is 9.28. The molecule has 6 rings (SSSR count). The summed E-state index contributed by atoms with van der Waals surface area (Å²) in [5.74, 6) is 3.82. The summed E-state index contributed by atoms with van der Waals surface area (Å²) in [6, 6.07) is 18.5. The normalized spacial score (nSPS) is 25.5. The Morgan fingerprint density at radius 1 is 0.800 bits per heavy atom. The second kappa shape index (κ2) is 13.5. The van der Waals surface area contributed by atoms with Gasteiger partial charge in [0.1, 0.15) is 5.75 Å². The molecule has 0 N–H and O–H groups in total. The van der Waals surface area contributed by atoms with Crippen LogP contribution in [-0.4, -0.2) is 22.0 Å². The van der Waals surface area contributed by atoms with Crippen molar-refractivity contribution in [2.24, 2.45) is 17.8 Å². The quantitative estimate of drug-likeness (QED) is 0.145. The molecule has 4 aliphatic carbocycles. The molecule has 2 aromatic rings. The summed E-state index contributed by atoms with van der Waals surface area (Å²) in [5, 5.41) is 1.73. The van der Waals surface area contributed by atoms with Crippen LogP contribution in [0.25, 0.3) is 11.1 Å². The average Bonchev–Trinajstić information content (AvgIpc) is 2.95. The molecular formula is C36H53BrO2Si. The molecule has 4 saturated carbocycles. The number of hydrogen-bond acceptors (Lipinski definition) is 2. The van der Waals surface area contributed by atoms with Crippen LogP contribution in [0.3, 0.4) is 0 Å². The first-order valence-electron chi connectivity index (χ1n) is 16.5. The van der Waals surface area contributed by atoms with Crippen molar-refractivity contribution in [3.8, 4) is 16.9 Å². The third-order valence-corrected chi connectivity index (χ3v) is 17.0. The summed E-state index contributed by atoms with van der Waals surface area (Å²) < 4.78 is 13.4. The van der Waals surface area contributed by atoms with E-state index in [-0.39, 0.29) is 5.41 Å². The fraction of sp³-hybridized carbons (Fsp3) is 0.667. The van der Waals surface area contributed by atoms with Crippen molar-refractivity contribution >= 4 is 29.2 Å². The highest BCUT2D eigenvalue weighted by atomic mass is 79.9. The Morgan fingerprint density at radius 3 is 1.85 bits per heavy atom. The summed E-state index contributed by atoms with van der Waals surface area (Å²) >= 11 is 3.95. The smallest absolute Gasteiger partial charge is 0.188 e. The molecule has 0 amide bonds. The fourth-order valence-corrected chi connectivity index (χ4v) is 15.4. The first kappa shape index (κ1) is 30.4. The second-order valence-electron chi connectivity index (χ2n) is 13.7. The lowest BCUT2D eigenvalue weighted by Crippen LogP contribution is -2.51. The predicted octanol–water partition coefficient (Wildman–Crippen LogP) is 10.6. The van der Waals surface area contributed by atoms with Crippen LogP contribution in [0.15, 0.2) is 40.9 Å². The van der Waals surface area contributed by atoms with Gasteiger partial charge in [-0.3, -0.25) is 0 Å². The van der Waals surface area contributed by atoms with Gasteiger partial charge in [0.15, 0.2) is 6.79 Å². The molecule has 0 aliphatic heterocycles. The Labute approximate surface area is 254 Å². The lowest BCUT2D eigenvalue weighted by atomic mass is 9.48. The van der Waals surface area contributed by atoms with Crippen LogP contribution in [0.1, 0.15) is 103 Å². The van der Waals surface area contributed by atoms with Gasteiger partial charge in [0, 0.05) is 22.7 Å². The molecule has 2 nitrogen and oxygen atoms in total. The van der Waals surface area contributed by atoms with Crippen molar-refractivity contribution in [2.75, 3.05) is 13.9 Å². The van der Waals surface area contributed by atoms with E-state index in [9.17, 15) is 0 Å². The molecule has 2 aromatic carbocycles. The molecule has 0 unspecified atom stereocenters. The van der Waals surface area contributed by atoms with Gasteiger partial charge < -0.3 is 9.47 Å². The summed E-state index contributed by atoms with van der Waals surface area (Å²) in [7, 11) is 0.0411. The van der Waals surface area contributed by atoms with Gasteiger partial charge in [-0.15, -0.1) is 0 Å². The van der Waals surface area contributed by atoms with Crippen molar-refractivity contribution in [1.82, 2.24) is 0 Å². The number of halogens is 1. The highest BCUT2D eigenvalue weighted by molar-refractivity contribution is 9.10. The summed E-state index contributed by atoms with van der Waals surface area (Å²) in [6.45, 7) is 7.45. The zero-order valence-electron chi connectivity index (χ0n) is 25.7. The van der Waals surface area contributed by atoms with Gasteiger partial charge in [-0.2, -0.15) is 0 Å². The average molecular weight is 626 g/mol. The van der Waals surface area contributed by atoms with E-state index in [1.165, 1.54) is 106 Å². The molecule has 220 valence electrons. The first-order valence-corrected chi connectivity index (χ1v) is 19.9. The van der Waals surface area contributed by atoms with Crippen LogP contribution in [0.4, 0.5) is 0 Å². The summed E-state index contributed by atoms with van der Waals surface area (Å²) in [6.07, 6.45) is 16.4. The van der Waals surface area contributed by atoms with Crippen molar-refractivity contribution < 1.29 is 9.47 Å². The Hall–Kier alpha value is -1.10. The van der Waals surface area contributed by atoms with Crippen molar-refractivity contribution in [1.29, 1.82) is 0 Å². The van der Waals surface area contributed by atoms with E-state index in [1.54, 1.807) is 17.9 Å². The first-order chi connectivity index (χ1) is 19.5. The summed E-state index contributed by atoms with van der Waals surface area (Å²) in [5.41, 5.74) is 4.39. The lowest BCUT2D eigenvalue weighted by Gasteiger charge is -2.57. The zero-order chi connectivity index (χ0) is 28.2. The molecule has 40 heavy (non-hydrogen) atoms. The number of ether oxygens (including phenoxy) is 2. The van der Waals surface area contributed by atoms with Crippen molar-refractivity contribution in [3.05, 3.63) is 46.4 Å². The minimum absolute atomic E-state index is 0.268. The SMILES string of the molecule is CCCC[Si](CCCC)(CCCC)c1cc(-c2ccccc2Br)c(OCOC)c(C23CC4CC(CC(C4)C2)C3)c1.